The number of halogens is 1. The Bertz CT molecular complexity index is 2610. The number of esters is 1. The number of allylic oxidation sites excluding steroid dienone is 3. The minimum atomic E-state index is -1.89. The summed E-state index contributed by atoms with van der Waals surface area (Å²) < 4.78 is 29.3. The van der Waals surface area contributed by atoms with Crippen molar-refractivity contribution < 1.29 is 76.7 Å². The highest BCUT2D eigenvalue weighted by Gasteiger charge is 2.64. The van der Waals surface area contributed by atoms with E-state index in [0.717, 1.165) is 57.0 Å². The Kier molecular flexibility index (Phi) is 19.9. The highest BCUT2D eigenvalue weighted by atomic mass is 35.5. The molecule has 5 aliphatic rings. The van der Waals surface area contributed by atoms with Gasteiger partial charge in [0.1, 0.15) is 40.7 Å². The van der Waals surface area contributed by atoms with E-state index in [0.29, 0.717) is 17.9 Å². The fraction of sp³-hybridized carbons (Fsp3) is 0.538. The Balaban J connectivity index is 1.02. The topological polar surface area (TPSA) is 289 Å². The molecule has 0 spiro atoms. The average Bonchev–Trinajstić information content (AvgIpc) is 3.91. The van der Waals surface area contributed by atoms with Crippen molar-refractivity contribution in [3.8, 4) is 5.75 Å². The maximum absolute atomic E-state index is 14.3. The molecule has 77 heavy (non-hydrogen) atoms. The van der Waals surface area contributed by atoms with Gasteiger partial charge in [-0.1, -0.05) is 42.3 Å². The molecule has 1 aromatic carbocycles. The molecule has 8 unspecified atom stereocenters. The number of methoxy groups -OCH3 is 2. The highest BCUT2D eigenvalue weighted by molar-refractivity contribution is 7.99. The molecule has 9 amide bonds. The summed E-state index contributed by atoms with van der Waals surface area (Å²) in [7, 11) is 5.81. The lowest BCUT2D eigenvalue weighted by molar-refractivity contribution is -0.162. The molecule has 5 heterocycles. The van der Waals surface area contributed by atoms with Crippen LogP contribution >= 0.6 is 23.4 Å². The number of amides is 9. The molecular weight excluding hydrogens is 1050 g/mol. The molecule has 0 saturated carbocycles. The molecule has 2 saturated heterocycles. The van der Waals surface area contributed by atoms with Crippen molar-refractivity contribution >= 4 is 88.4 Å². The van der Waals surface area contributed by atoms with Crippen LogP contribution in [0.1, 0.15) is 65.4 Å². The van der Waals surface area contributed by atoms with Crippen molar-refractivity contribution in [3.63, 3.8) is 0 Å². The predicted octanol–water partition coefficient (Wildman–Crippen LogP) is 1.87. The maximum atomic E-state index is 14.3. The van der Waals surface area contributed by atoms with Crippen LogP contribution < -0.4 is 25.6 Å². The largest absolute Gasteiger partial charge is 0.495 e. The summed E-state index contributed by atoms with van der Waals surface area (Å²) in [4.78, 5) is 133. The van der Waals surface area contributed by atoms with E-state index >= 15 is 0 Å². The van der Waals surface area contributed by atoms with Crippen molar-refractivity contribution in [1.82, 2.24) is 30.7 Å². The number of benzene rings is 1. The third-order valence-corrected chi connectivity index (χ3v) is 15.5. The molecule has 9 atom stereocenters. The number of fused-ring (bicyclic) bond motifs is 5. The van der Waals surface area contributed by atoms with E-state index in [1.165, 1.54) is 45.0 Å². The van der Waals surface area contributed by atoms with Gasteiger partial charge >= 0.3 is 12.1 Å². The van der Waals surface area contributed by atoms with E-state index in [4.69, 9.17) is 35.3 Å². The molecule has 23 nitrogen and oxygen atoms in total. The van der Waals surface area contributed by atoms with Gasteiger partial charge in [0.25, 0.3) is 23.6 Å². The first-order chi connectivity index (χ1) is 36.4. The standard InChI is InChI=1S/C52H66ClN7O16S/c1-29-10-9-11-37(73-8)52(71)26-36(74-50(70)56-52)30(2)48-51(4,76-48)38(25-46(68)58(6)34-23-32(22-29)24-35(72-7)47(34)53)75-49(69)31(3)57(5)41(63)18-21-77-28-40(62)55-20-19-54-39(61)13-12-33(60-44(66)16-17-45(60)67)27-59-42(64)14-15-43(59)65/h9-11,14-17,23-24,30-31,33,36-38,48,71H,12-13,18-22,25-28H2,1-8H3,(H,54,61)(H,55,62)(H,56,70)/b11-9+,29-10+/t30?,31-,33?,36?,37?,38?,48?,51?,52?/m0/s1. The van der Waals surface area contributed by atoms with Crippen molar-refractivity contribution in [1.29, 1.82) is 0 Å². The monoisotopic (exact) mass is 1110 g/mol. The van der Waals surface area contributed by atoms with E-state index in [1.54, 1.807) is 38.1 Å². The van der Waals surface area contributed by atoms with Gasteiger partial charge in [-0.05, 0) is 51.3 Å². The highest BCUT2D eigenvalue weighted by Crippen LogP contribution is 2.49. The zero-order valence-corrected chi connectivity index (χ0v) is 45.7. The smallest absolute Gasteiger partial charge is 0.409 e. The molecule has 4 bridgehead atoms. The third kappa shape index (κ3) is 14.5. The molecule has 0 aromatic heterocycles. The van der Waals surface area contributed by atoms with E-state index < -0.39 is 114 Å². The number of nitrogens with one attached hydrogen (secondary N) is 3. The number of hydrogen-bond donors (Lipinski definition) is 4. The van der Waals surface area contributed by atoms with Crippen LogP contribution in [0.25, 0.3) is 0 Å². The van der Waals surface area contributed by atoms with E-state index in [2.05, 4.69) is 16.0 Å². The van der Waals surface area contributed by atoms with Crippen molar-refractivity contribution in [2.24, 2.45) is 5.92 Å². The number of epoxide rings is 1. The van der Waals surface area contributed by atoms with Crippen molar-refractivity contribution in [3.05, 3.63) is 70.8 Å². The van der Waals surface area contributed by atoms with Crippen LogP contribution in [-0.4, -0.2) is 186 Å². The van der Waals surface area contributed by atoms with Crippen LogP contribution in [-0.2, 0) is 68.5 Å². The number of imide groups is 2. The minimum absolute atomic E-state index is 0.0277. The summed E-state index contributed by atoms with van der Waals surface area (Å²) in [6.07, 6.45) is 4.30. The number of hydrogen-bond acceptors (Lipinski definition) is 17. The number of ether oxygens (including phenoxy) is 5. The van der Waals surface area contributed by atoms with E-state index in [9.17, 15) is 53.1 Å². The summed E-state index contributed by atoms with van der Waals surface area (Å²) in [5, 5.41) is 19.8. The maximum Gasteiger partial charge on any atom is 0.409 e. The first-order valence-electron chi connectivity index (χ1n) is 25.0. The zero-order valence-electron chi connectivity index (χ0n) is 44.2. The minimum Gasteiger partial charge on any atom is -0.495 e. The predicted molar refractivity (Wildman–Crippen MR) is 279 cm³/mol. The summed E-state index contributed by atoms with van der Waals surface area (Å²) in [5.74, 6) is -5.17. The van der Waals surface area contributed by atoms with Crippen molar-refractivity contribution in [2.45, 2.75) is 114 Å². The lowest BCUT2D eigenvalue weighted by Crippen LogP contribution is -2.63. The second-order valence-corrected chi connectivity index (χ2v) is 21.1. The molecule has 5 aliphatic heterocycles. The number of nitrogens with zero attached hydrogens (tertiary/aromatic N) is 4. The third-order valence-electron chi connectivity index (χ3n) is 14.2. The first-order valence-corrected chi connectivity index (χ1v) is 26.5. The lowest BCUT2D eigenvalue weighted by Gasteiger charge is -2.42. The van der Waals surface area contributed by atoms with Crippen LogP contribution in [0.2, 0.25) is 5.02 Å². The average molecular weight is 1110 g/mol. The first kappa shape index (κ1) is 59.6. The Morgan fingerprint density at radius 3 is 2.29 bits per heavy atom. The van der Waals surface area contributed by atoms with E-state index in [1.807, 2.05) is 13.0 Å². The van der Waals surface area contributed by atoms with Crippen LogP contribution in [0.15, 0.2) is 60.2 Å². The number of thioether (sulfide) groups is 1. The fourth-order valence-corrected chi connectivity index (χ4v) is 10.5. The number of aliphatic hydroxyl groups is 1. The quantitative estimate of drug-likeness (QED) is 0.0666. The van der Waals surface area contributed by atoms with E-state index in [-0.39, 0.29) is 67.8 Å². The number of likely N-dealkylation sites (N-methyl/N-ethyl adjacent to an activating group) is 1. The van der Waals surface area contributed by atoms with Gasteiger partial charge in [-0.15, -0.1) is 0 Å². The normalized spacial score (nSPS) is 27.2. The number of rotatable bonds is 19. The van der Waals surface area contributed by atoms with Crippen LogP contribution in [0.5, 0.6) is 5.75 Å². The molecule has 2 fully saturated rings. The second-order valence-electron chi connectivity index (χ2n) is 19.6. The Morgan fingerprint density at radius 2 is 1.64 bits per heavy atom. The van der Waals surface area contributed by atoms with Gasteiger partial charge in [-0.25, -0.2) is 9.59 Å². The molecule has 4 N–H and O–H groups in total. The van der Waals surface area contributed by atoms with Gasteiger partial charge in [0, 0.05) is 89.5 Å². The second kappa shape index (κ2) is 25.7. The Morgan fingerprint density at radius 1 is 0.987 bits per heavy atom. The van der Waals surface area contributed by atoms with Crippen LogP contribution in [0.4, 0.5) is 10.5 Å². The van der Waals surface area contributed by atoms with Gasteiger partial charge < -0.3 is 49.2 Å². The van der Waals surface area contributed by atoms with Gasteiger partial charge in [0.2, 0.25) is 23.6 Å². The van der Waals surface area contributed by atoms with Crippen LogP contribution in [0, 0.1) is 5.92 Å². The number of alkyl carbamates (subject to hydrolysis) is 1. The van der Waals surface area contributed by atoms with Gasteiger partial charge in [-0.2, -0.15) is 11.8 Å². The Labute approximate surface area is 455 Å². The molecule has 1 aromatic rings. The molecule has 418 valence electrons. The molecular formula is C52H66ClN7O16S. The molecule has 0 aliphatic carbocycles. The SMILES string of the molecule is COc1cc2cc(c1Cl)N(C)C(=O)CC(OC(=O)[C@H](C)N(C)C(=O)CCSCC(=O)NCCNC(=O)CCC(CN1C(=O)C=CC1=O)N1C(=O)C=CC1=O)C1(C)OC1C(C)C1CC(O)(NC(=O)O1)C(OC)/C=C/C=C(\C)C2. The lowest BCUT2D eigenvalue weighted by atomic mass is 9.83. The number of anilines is 1. The van der Waals surface area contributed by atoms with Gasteiger partial charge in [0.15, 0.2) is 5.72 Å². The zero-order chi connectivity index (χ0) is 56.5. The number of carbonyl (C=O) groups excluding carboxylic acids is 10. The summed E-state index contributed by atoms with van der Waals surface area (Å²) in [6.45, 7) is 6.62. The Hall–Kier alpha value is -6.60. The summed E-state index contributed by atoms with van der Waals surface area (Å²) >= 11 is 7.96. The van der Waals surface area contributed by atoms with Gasteiger partial charge in [0.05, 0.1) is 43.7 Å². The van der Waals surface area contributed by atoms with Crippen LogP contribution in [0.3, 0.4) is 0 Å². The fourth-order valence-electron chi connectivity index (χ4n) is 9.46. The van der Waals surface area contributed by atoms with Crippen molar-refractivity contribution in [2.75, 3.05) is 64.4 Å². The van der Waals surface area contributed by atoms with Gasteiger partial charge in [-0.3, -0.25) is 53.5 Å². The molecule has 0 radical (unpaired) electrons. The molecule has 6 rings (SSSR count). The molecule has 25 heteroatoms. The summed E-state index contributed by atoms with van der Waals surface area (Å²) in [6, 6.07) is 1.42. The number of carbonyl (C=O) groups is 10. The summed E-state index contributed by atoms with van der Waals surface area (Å²) in [5.41, 5.74) is -1.24.